The quantitative estimate of drug-likeness (QED) is 0.784. The minimum absolute atomic E-state index is 0.0321. The van der Waals surface area contributed by atoms with Crippen LogP contribution in [0.2, 0.25) is 0 Å². The van der Waals surface area contributed by atoms with Crippen molar-refractivity contribution in [2.75, 3.05) is 13.1 Å². The fourth-order valence-corrected chi connectivity index (χ4v) is 4.60. The van der Waals surface area contributed by atoms with Crippen molar-refractivity contribution in [1.29, 1.82) is 0 Å². The van der Waals surface area contributed by atoms with Crippen LogP contribution >= 0.6 is 0 Å². The molecule has 1 unspecified atom stereocenters. The Hall–Kier alpha value is -2.44. The Morgan fingerprint density at radius 2 is 2.04 bits per heavy atom. The molecule has 0 radical (unpaired) electrons. The number of halogens is 3. The Morgan fingerprint density at radius 1 is 1.25 bits per heavy atom. The zero-order valence-electron chi connectivity index (χ0n) is 15.7. The van der Waals surface area contributed by atoms with Crippen molar-refractivity contribution in [3.8, 4) is 0 Å². The van der Waals surface area contributed by atoms with Crippen LogP contribution in [0.25, 0.3) is 0 Å². The van der Waals surface area contributed by atoms with E-state index < -0.39 is 11.7 Å². The van der Waals surface area contributed by atoms with Crippen LogP contribution in [0.3, 0.4) is 0 Å². The van der Waals surface area contributed by atoms with E-state index in [-0.39, 0.29) is 23.3 Å². The molecule has 1 aromatic carbocycles. The van der Waals surface area contributed by atoms with E-state index in [2.05, 4.69) is 9.97 Å². The maximum Gasteiger partial charge on any atom is 0.416 e. The van der Waals surface area contributed by atoms with Crippen molar-refractivity contribution < 1.29 is 18.0 Å². The summed E-state index contributed by atoms with van der Waals surface area (Å²) in [6.07, 6.45) is 0.736. The van der Waals surface area contributed by atoms with Crippen molar-refractivity contribution in [3.63, 3.8) is 0 Å². The van der Waals surface area contributed by atoms with Gasteiger partial charge in [0.2, 0.25) is 5.91 Å². The second-order valence-corrected chi connectivity index (χ2v) is 7.82. The molecular weight excluding hydrogens is 367 g/mol. The van der Waals surface area contributed by atoms with Gasteiger partial charge in [-0.15, -0.1) is 0 Å². The molecule has 0 N–H and O–H groups in total. The van der Waals surface area contributed by atoms with Crippen molar-refractivity contribution in [3.05, 3.63) is 58.7 Å². The number of nitrogens with zero attached hydrogens (tertiary/aromatic N) is 3. The molecule has 0 saturated carbocycles. The Balaban J connectivity index is 1.56. The van der Waals surface area contributed by atoms with Gasteiger partial charge in [0.1, 0.15) is 5.82 Å². The molecule has 148 valence electrons. The van der Waals surface area contributed by atoms with Gasteiger partial charge in [0.05, 0.1) is 17.7 Å². The van der Waals surface area contributed by atoms with E-state index in [0.29, 0.717) is 18.9 Å². The lowest BCUT2D eigenvalue weighted by molar-refractivity contribution is -0.139. The predicted molar refractivity (Wildman–Crippen MR) is 97.7 cm³/mol. The number of hydrogen-bond donors (Lipinski definition) is 0. The van der Waals surface area contributed by atoms with Gasteiger partial charge in [-0.05, 0) is 49.8 Å². The Morgan fingerprint density at radius 3 is 2.82 bits per heavy atom. The number of piperidine rings is 1. The van der Waals surface area contributed by atoms with Crippen LogP contribution in [-0.4, -0.2) is 33.9 Å². The van der Waals surface area contributed by atoms with Gasteiger partial charge in [0.15, 0.2) is 0 Å². The van der Waals surface area contributed by atoms with Crippen LogP contribution < -0.4 is 0 Å². The molecule has 7 heteroatoms. The minimum atomic E-state index is -4.46. The number of amides is 1. The minimum Gasteiger partial charge on any atom is -0.341 e. The lowest BCUT2D eigenvalue weighted by atomic mass is 9.77. The summed E-state index contributed by atoms with van der Waals surface area (Å²) in [6.45, 7) is 2.95. The highest BCUT2D eigenvalue weighted by Crippen LogP contribution is 2.44. The zero-order valence-corrected chi connectivity index (χ0v) is 15.7. The number of alkyl halides is 3. The van der Waals surface area contributed by atoms with Gasteiger partial charge in [0, 0.05) is 24.7 Å². The normalized spacial score (nSPS) is 21.8. The van der Waals surface area contributed by atoms with Gasteiger partial charge in [-0.1, -0.05) is 18.2 Å². The van der Waals surface area contributed by atoms with Crippen LogP contribution in [-0.2, 0) is 29.2 Å². The maximum absolute atomic E-state index is 13.2. The third kappa shape index (κ3) is 3.38. The number of fused-ring (bicyclic) bond motifs is 2. The Bertz CT molecular complexity index is 908. The fraction of sp³-hybridized carbons (Fsp3) is 0.476. The molecule has 1 amide bonds. The number of carbonyl (C=O) groups excluding carboxylic acids is 1. The van der Waals surface area contributed by atoms with Crippen molar-refractivity contribution in [2.45, 2.75) is 50.6 Å². The van der Waals surface area contributed by atoms with Crippen LogP contribution in [0.1, 0.15) is 47.5 Å². The van der Waals surface area contributed by atoms with Gasteiger partial charge >= 0.3 is 6.18 Å². The van der Waals surface area contributed by atoms with Gasteiger partial charge in [-0.3, -0.25) is 4.79 Å². The van der Waals surface area contributed by atoms with Crippen LogP contribution in [0, 0.1) is 6.92 Å². The second kappa shape index (κ2) is 6.87. The van der Waals surface area contributed by atoms with E-state index >= 15 is 0 Å². The molecular formula is C21H22F3N3O. The third-order valence-corrected chi connectivity index (χ3v) is 5.95. The Kier molecular flexibility index (Phi) is 4.63. The van der Waals surface area contributed by atoms with E-state index in [4.69, 9.17) is 0 Å². The summed E-state index contributed by atoms with van der Waals surface area (Å²) in [7, 11) is 0. The van der Waals surface area contributed by atoms with E-state index in [9.17, 15) is 18.0 Å². The average Bonchev–Trinajstić information content (AvgIpc) is 2.98. The summed E-state index contributed by atoms with van der Waals surface area (Å²) >= 11 is 0. The number of rotatable bonds is 2. The molecule has 2 heterocycles. The number of benzene rings is 1. The van der Waals surface area contributed by atoms with Gasteiger partial charge < -0.3 is 4.90 Å². The van der Waals surface area contributed by atoms with Crippen molar-refractivity contribution in [2.24, 2.45) is 0 Å². The molecule has 4 nitrogen and oxygen atoms in total. The highest BCUT2D eigenvalue weighted by molar-refractivity contribution is 5.79. The van der Waals surface area contributed by atoms with Gasteiger partial charge in [-0.2, -0.15) is 13.2 Å². The molecule has 1 spiro atoms. The van der Waals surface area contributed by atoms with Crippen LogP contribution in [0.4, 0.5) is 13.2 Å². The highest BCUT2D eigenvalue weighted by atomic mass is 19.4. The first-order chi connectivity index (χ1) is 13.3. The molecule has 1 aromatic heterocycles. The SMILES string of the molecule is Cc1ncc2c(n1)C1(CCCN(C(=O)Cc3ccccc3C(F)(F)F)C1)CC2. The maximum atomic E-state index is 13.2. The molecule has 0 bridgehead atoms. The molecule has 1 atom stereocenters. The lowest BCUT2D eigenvalue weighted by Gasteiger charge is -2.40. The van der Waals surface area contributed by atoms with Crippen molar-refractivity contribution >= 4 is 5.91 Å². The third-order valence-electron chi connectivity index (χ3n) is 5.95. The number of hydrogen-bond acceptors (Lipinski definition) is 3. The summed E-state index contributed by atoms with van der Waals surface area (Å²) in [5, 5.41) is 0. The molecule has 28 heavy (non-hydrogen) atoms. The molecule has 2 aromatic rings. The molecule has 1 aliphatic heterocycles. The van der Waals surface area contributed by atoms with Crippen LogP contribution in [0.5, 0.6) is 0 Å². The Labute approximate surface area is 161 Å². The summed E-state index contributed by atoms with van der Waals surface area (Å²) in [5.74, 6) is 0.456. The first kappa shape index (κ1) is 18.9. The number of likely N-dealkylation sites (tertiary alicyclic amines) is 1. The standard InChI is InChI=1S/C21H22F3N3O/c1-14-25-12-16-7-9-20(19(16)26-14)8-4-10-27(13-20)18(28)11-15-5-2-3-6-17(15)21(22,23)24/h2-3,5-6,12H,4,7-11,13H2,1H3. The van der Waals surface area contributed by atoms with Crippen molar-refractivity contribution in [1.82, 2.24) is 14.9 Å². The molecule has 1 saturated heterocycles. The summed E-state index contributed by atoms with van der Waals surface area (Å²) in [5.41, 5.74) is 1.25. The number of aromatic nitrogens is 2. The molecule has 4 rings (SSSR count). The van der Waals surface area contributed by atoms with E-state index in [1.54, 1.807) is 11.0 Å². The number of aryl methyl sites for hydroxylation is 2. The second-order valence-electron chi connectivity index (χ2n) is 7.82. The van der Waals surface area contributed by atoms with Gasteiger partial charge in [0.25, 0.3) is 0 Å². The first-order valence-electron chi connectivity index (χ1n) is 9.54. The largest absolute Gasteiger partial charge is 0.416 e. The van der Waals surface area contributed by atoms with E-state index in [0.717, 1.165) is 43.0 Å². The average molecular weight is 389 g/mol. The lowest BCUT2D eigenvalue weighted by Crippen LogP contribution is -2.48. The first-order valence-corrected chi connectivity index (χ1v) is 9.54. The highest BCUT2D eigenvalue weighted by Gasteiger charge is 2.44. The van der Waals surface area contributed by atoms with Gasteiger partial charge in [-0.25, -0.2) is 9.97 Å². The topological polar surface area (TPSA) is 46.1 Å². The molecule has 1 fully saturated rings. The number of carbonyl (C=O) groups is 1. The fourth-order valence-electron chi connectivity index (χ4n) is 4.60. The summed E-state index contributed by atoms with van der Waals surface area (Å²) < 4.78 is 39.7. The van der Waals surface area contributed by atoms with E-state index in [1.807, 2.05) is 13.1 Å². The zero-order chi connectivity index (χ0) is 19.9. The summed E-state index contributed by atoms with van der Waals surface area (Å²) in [6, 6.07) is 5.32. The summed E-state index contributed by atoms with van der Waals surface area (Å²) in [4.78, 5) is 23.5. The monoisotopic (exact) mass is 389 g/mol. The van der Waals surface area contributed by atoms with E-state index in [1.165, 1.54) is 12.1 Å². The molecule has 2 aliphatic rings. The smallest absolute Gasteiger partial charge is 0.341 e. The van der Waals surface area contributed by atoms with Crippen LogP contribution in [0.15, 0.2) is 30.5 Å². The molecule has 1 aliphatic carbocycles. The predicted octanol–water partition coefficient (Wildman–Crippen LogP) is 3.85.